The third-order valence-electron chi connectivity index (χ3n) is 11.6. The molecule has 3 fully saturated rings. The van der Waals surface area contributed by atoms with Crippen LogP contribution >= 0.6 is 11.6 Å². The summed E-state index contributed by atoms with van der Waals surface area (Å²) in [6, 6.07) is 2.67. The van der Waals surface area contributed by atoms with Crippen LogP contribution < -0.4 is 20.9 Å². The number of pyridine rings is 1. The number of imide groups is 2. The van der Waals surface area contributed by atoms with E-state index in [0.29, 0.717) is 72.1 Å². The van der Waals surface area contributed by atoms with Crippen LogP contribution in [0.5, 0.6) is 0 Å². The molecular weight excluding hydrogens is 799 g/mol. The molecule has 0 spiro atoms. The molecule has 4 aliphatic rings. The van der Waals surface area contributed by atoms with E-state index in [9.17, 15) is 24.0 Å². The number of anilines is 3. The molecule has 6 amide bonds. The quantitative estimate of drug-likeness (QED) is 0.163. The van der Waals surface area contributed by atoms with Gasteiger partial charge < -0.3 is 20.1 Å². The number of benzene rings is 1. The molecule has 3 aliphatic heterocycles. The van der Waals surface area contributed by atoms with E-state index in [1.165, 1.54) is 12.3 Å². The number of hydrogen-bond donors (Lipinski definition) is 3. The van der Waals surface area contributed by atoms with E-state index in [1.54, 1.807) is 23.0 Å². The SMILES string of the molecule is Cc1cc(NC(=O)Nc2cnc3c(Cl)cnn3c2C2CCCC2)cnc1-c1noc(CCCN2CCN(c3cc4c(cc3F)C(=O)N(C3CCC(=O)NC3=O)C4=O)CC2)n1. The Labute approximate surface area is 346 Å². The molecule has 5 aromatic rings. The summed E-state index contributed by atoms with van der Waals surface area (Å²) in [4.78, 5) is 82.0. The molecule has 9 rings (SSSR count). The molecule has 310 valence electrons. The number of rotatable bonds is 10. The largest absolute Gasteiger partial charge is 0.367 e. The van der Waals surface area contributed by atoms with Gasteiger partial charge in [0.1, 0.15) is 22.6 Å². The van der Waals surface area contributed by atoms with Crippen molar-refractivity contribution in [2.45, 2.75) is 70.3 Å². The number of carbonyl (C=O) groups excluding carboxylic acids is 5. The van der Waals surface area contributed by atoms with E-state index in [2.05, 4.69) is 46.1 Å². The average molecular weight is 839 g/mol. The lowest BCUT2D eigenvalue weighted by molar-refractivity contribution is -0.136. The smallest absolute Gasteiger partial charge is 0.323 e. The number of piperidine rings is 1. The van der Waals surface area contributed by atoms with Gasteiger partial charge in [0.25, 0.3) is 11.8 Å². The average Bonchev–Trinajstić information content (AvgIpc) is 4.04. The van der Waals surface area contributed by atoms with Crippen molar-refractivity contribution < 1.29 is 32.9 Å². The molecule has 1 saturated carbocycles. The Hall–Kier alpha value is -6.34. The van der Waals surface area contributed by atoms with Crippen molar-refractivity contribution in [1.82, 2.24) is 44.8 Å². The van der Waals surface area contributed by atoms with Crippen molar-refractivity contribution in [3.63, 3.8) is 0 Å². The van der Waals surface area contributed by atoms with E-state index in [1.807, 2.05) is 11.8 Å². The monoisotopic (exact) mass is 838 g/mol. The van der Waals surface area contributed by atoms with Crippen molar-refractivity contribution in [3.8, 4) is 11.5 Å². The lowest BCUT2D eigenvalue weighted by Gasteiger charge is -2.36. The van der Waals surface area contributed by atoms with Crippen LogP contribution in [-0.2, 0) is 16.0 Å². The number of nitrogens with zero attached hydrogens (tertiary/aromatic N) is 9. The van der Waals surface area contributed by atoms with E-state index in [-0.39, 0.29) is 35.6 Å². The Morgan fingerprint density at radius 1 is 0.967 bits per heavy atom. The number of fused-ring (bicyclic) bond motifs is 2. The first-order valence-corrected chi connectivity index (χ1v) is 20.3. The lowest BCUT2D eigenvalue weighted by atomic mass is 10.0. The minimum atomic E-state index is -1.12. The predicted molar refractivity (Wildman–Crippen MR) is 214 cm³/mol. The highest BCUT2D eigenvalue weighted by molar-refractivity contribution is 6.33. The van der Waals surface area contributed by atoms with Gasteiger partial charge in [0.2, 0.25) is 23.5 Å². The lowest BCUT2D eigenvalue weighted by Crippen LogP contribution is -2.54. The number of halogens is 2. The molecule has 4 aromatic heterocycles. The fourth-order valence-electron chi connectivity index (χ4n) is 8.61. The normalized spacial score (nSPS) is 18.8. The molecule has 60 heavy (non-hydrogen) atoms. The van der Waals surface area contributed by atoms with Crippen molar-refractivity contribution >= 4 is 64.0 Å². The molecule has 2 saturated heterocycles. The van der Waals surface area contributed by atoms with Gasteiger partial charge in [-0.15, -0.1) is 0 Å². The molecule has 1 aromatic carbocycles. The van der Waals surface area contributed by atoms with Crippen LogP contribution in [0.1, 0.15) is 88.7 Å². The molecular formula is C40H40ClFN12O6. The number of urea groups is 1. The van der Waals surface area contributed by atoms with Crippen LogP contribution in [-0.4, -0.2) is 108 Å². The summed E-state index contributed by atoms with van der Waals surface area (Å²) in [6.07, 6.45) is 10.2. The van der Waals surface area contributed by atoms with Crippen molar-refractivity contribution in [3.05, 3.63) is 75.9 Å². The molecule has 3 N–H and O–H groups in total. The zero-order valence-corrected chi connectivity index (χ0v) is 33.3. The third-order valence-corrected chi connectivity index (χ3v) is 11.9. The zero-order valence-electron chi connectivity index (χ0n) is 32.5. The van der Waals surface area contributed by atoms with Gasteiger partial charge in [-0.3, -0.25) is 39.3 Å². The standard InChI is InChI=1S/C40H40ClFN12O6/c1-21-15-23(46-40(59)47-28-20-44-36-26(41)19-45-54(36)34(28)22-5-2-3-6-22)18-43-33(21)35-49-32(60-50-35)7-4-10-51-11-13-52(14-12-51)30-17-25-24(16-27(30)42)38(57)53(39(25)58)29-8-9-31(55)48-37(29)56/h15-20,22,29H,2-14H2,1H3,(H2,46,47,59)(H,48,55,56). The number of aryl methyl sites for hydroxylation is 2. The van der Waals surface area contributed by atoms with E-state index in [4.69, 9.17) is 16.1 Å². The summed E-state index contributed by atoms with van der Waals surface area (Å²) < 4.78 is 22.7. The number of carbonyl (C=O) groups is 5. The number of amides is 6. The van der Waals surface area contributed by atoms with Crippen LogP contribution in [0.4, 0.5) is 26.2 Å². The van der Waals surface area contributed by atoms with Crippen LogP contribution in [0.15, 0.2) is 41.3 Å². The molecule has 1 unspecified atom stereocenters. The molecule has 1 atom stereocenters. The van der Waals surface area contributed by atoms with Crippen LogP contribution in [0.3, 0.4) is 0 Å². The maximum Gasteiger partial charge on any atom is 0.323 e. The van der Waals surface area contributed by atoms with Crippen LogP contribution in [0, 0.1) is 12.7 Å². The second-order valence-electron chi connectivity index (χ2n) is 15.5. The third kappa shape index (κ3) is 7.42. The predicted octanol–water partition coefficient (Wildman–Crippen LogP) is 4.73. The first-order chi connectivity index (χ1) is 29.0. The number of hydrogen-bond acceptors (Lipinski definition) is 13. The fraction of sp³-hybridized carbons (Fsp3) is 0.400. The molecule has 0 bridgehead atoms. The van der Waals surface area contributed by atoms with Crippen molar-refractivity contribution in [2.24, 2.45) is 0 Å². The summed E-state index contributed by atoms with van der Waals surface area (Å²) in [5.41, 5.74) is 3.91. The summed E-state index contributed by atoms with van der Waals surface area (Å²) in [5.74, 6) is -2.21. The maximum atomic E-state index is 15.4. The summed E-state index contributed by atoms with van der Waals surface area (Å²) >= 11 is 6.30. The number of aromatic nitrogens is 6. The molecule has 18 nitrogen and oxygen atoms in total. The Bertz CT molecular complexity index is 2560. The summed E-state index contributed by atoms with van der Waals surface area (Å²) in [5, 5.41) is 17.0. The van der Waals surface area contributed by atoms with Gasteiger partial charge in [-0.1, -0.05) is 29.6 Å². The van der Waals surface area contributed by atoms with Gasteiger partial charge in [-0.25, -0.2) is 18.7 Å². The highest BCUT2D eigenvalue weighted by Crippen LogP contribution is 2.38. The topological polar surface area (TPSA) is 213 Å². The van der Waals surface area contributed by atoms with Crippen LogP contribution in [0.2, 0.25) is 5.02 Å². The van der Waals surface area contributed by atoms with Gasteiger partial charge in [-0.2, -0.15) is 10.1 Å². The van der Waals surface area contributed by atoms with E-state index < -0.39 is 41.5 Å². The first-order valence-electron chi connectivity index (χ1n) is 19.9. The fourth-order valence-corrected chi connectivity index (χ4v) is 8.78. The van der Waals surface area contributed by atoms with Gasteiger partial charge in [0.05, 0.1) is 52.5 Å². The number of piperazine rings is 1. The highest BCUT2D eigenvalue weighted by Gasteiger charge is 2.45. The molecule has 0 radical (unpaired) electrons. The molecule has 20 heteroatoms. The van der Waals surface area contributed by atoms with Gasteiger partial charge in [0.15, 0.2) is 5.65 Å². The van der Waals surface area contributed by atoms with E-state index >= 15 is 4.39 Å². The van der Waals surface area contributed by atoms with Gasteiger partial charge in [0, 0.05) is 44.9 Å². The van der Waals surface area contributed by atoms with Crippen molar-refractivity contribution in [2.75, 3.05) is 48.3 Å². The Morgan fingerprint density at radius 3 is 2.48 bits per heavy atom. The zero-order chi connectivity index (χ0) is 41.7. The number of nitrogens with one attached hydrogen (secondary N) is 3. The van der Waals surface area contributed by atoms with Crippen molar-refractivity contribution in [1.29, 1.82) is 0 Å². The van der Waals surface area contributed by atoms with E-state index in [0.717, 1.165) is 60.9 Å². The summed E-state index contributed by atoms with van der Waals surface area (Å²) in [7, 11) is 0. The minimum Gasteiger partial charge on any atom is -0.367 e. The first kappa shape index (κ1) is 39.1. The maximum absolute atomic E-state index is 15.4. The Morgan fingerprint density at radius 2 is 1.73 bits per heavy atom. The van der Waals surface area contributed by atoms with Gasteiger partial charge in [-0.05, 0) is 62.9 Å². The molecule has 1 aliphatic carbocycles. The second kappa shape index (κ2) is 16.0. The Kier molecular flexibility index (Phi) is 10.5. The molecule has 7 heterocycles. The van der Waals surface area contributed by atoms with Crippen LogP contribution in [0.25, 0.3) is 17.2 Å². The Balaban J connectivity index is 0.764. The highest BCUT2D eigenvalue weighted by atomic mass is 35.5. The van der Waals surface area contributed by atoms with Gasteiger partial charge >= 0.3 is 6.03 Å². The minimum absolute atomic E-state index is 0.00151. The second-order valence-corrected chi connectivity index (χ2v) is 15.9. The summed E-state index contributed by atoms with van der Waals surface area (Å²) in [6.45, 7) is 4.83.